The number of nitrogens with zero attached hydrogens (tertiary/aromatic N) is 1. The number of halogens is 2. The van der Waals surface area contributed by atoms with E-state index in [1.807, 2.05) is 13.8 Å². The normalized spacial score (nSPS) is 11.9. The van der Waals surface area contributed by atoms with Crippen LogP contribution in [0.3, 0.4) is 0 Å². The van der Waals surface area contributed by atoms with E-state index in [-0.39, 0.29) is 18.9 Å². The van der Waals surface area contributed by atoms with Crippen molar-refractivity contribution in [2.24, 2.45) is 5.73 Å². The topological polar surface area (TPSA) is 55.6 Å². The molecule has 0 aromatic carbocycles. The Labute approximate surface area is 94.7 Å². The Morgan fingerprint density at radius 2 is 2.06 bits per heavy atom. The van der Waals surface area contributed by atoms with E-state index in [9.17, 15) is 13.6 Å². The minimum Gasteiger partial charge on any atom is -0.375 e. The first-order valence-electron chi connectivity index (χ1n) is 5.14. The Bertz CT molecular complexity index is 223. The first-order valence-corrected chi connectivity index (χ1v) is 5.14. The highest BCUT2D eigenvalue weighted by Crippen LogP contribution is 2.11. The number of hydrogen-bond donors (Lipinski definition) is 1. The van der Waals surface area contributed by atoms with Crippen molar-refractivity contribution < 1.29 is 18.3 Å². The summed E-state index contributed by atoms with van der Waals surface area (Å²) in [6, 6.07) is 0. The van der Waals surface area contributed by atoms with Crippen molar-refractivity contribution in [3.63, 3.8) is 0 Å². The van der Waals surface area contributed by atoms with Crippen LogP contribution < -0.4 is 5.73 Å². The first-order chi connectivity index (χ1) is 7.31. The molecule has 0 aromatic heterocycles. The molecule has 96 valence electrons. The number of likely N-dealkylation sites (N-methyl/N-ethyl adjacent to an activating group) is 1. The van der Waals surface area contributed by atoms with E-state index in [0.29, 0.717) is 6.54 Å². The maximum atomic E-state index is 11.7. The molecule has 4 nitrogen and oxygen atoms in total. The van der Waals surface area contributed by atoms with Crippen molar-refractivity contribution in [3.8, 4) is 0 Å². The second-order valence-corrected chi connectivity index (χ2v) is 4.19. The van der Waals surface area contributed by atoms with Gasteiger partial charge in [0.2, 0.25) is 5.91 Å². The molecule has 16 heavy (non-hydrogen) atoms. The fraction of sp³-hybridized carbons (Fsp3) is 0.900. The summed E-state index contributed by atoms with van der Waals surface area (Å²) in [4.78, 5) is 13.1. The number of alkyl halides is 2. The minimum absolute atomic E-state index is 0.00810. The number of carbonyl (C=O) groups is 1. The fourth-order valence-corrected chi connectivity index (χ4v) is 0.974. The van der Waals surface area contributed by atoms with Gasteiger partial charge in [-0.15, -0.1) is 0 Å². The maximum absolute atomic E-state index is 11.7. The molecule has 0 atom stereocenters. The lowest BCUT2D eigenvalue weighted by Crippen LogP contribution is -2.50. The van der Waals surface area contributed by atoms with E-state index >= 15 is 0 Å². The van der Waals surface area contributed by atoms with Gasteiger partial charge in [-0.2, -0.15) is 0 Å². The van der Waals surface area contributed by atoms with Gasteiger partial charge in [-0.25, -0.2) is 8.78 Å². The third-order valence-electron chi connectivity index (χ3n) is 2.49. The molecule has 1 amide bonds. The molecule has 0 spiro atoms. The molecule has 0 radical (unpaired) electrons. The van der Waals surface area contributed by atoms with Gasteiger partial charge in [0, 0.05) is 19.1 Å². The van der Waals surface area contributed by atoms with E-state index in [1.165, 1.54) is 4.90 Å². The standard InChI is InChI=1S/C10H20F2N2O2/c1-10(2,7-13)14(3)9(15)4-5-16-6-8(11)12/h8H,4-7,13H2,1-3H3. The van der Waals surface area contributed by atoms with E-state index in [2.05, 4.69) is 4.74 Å². The largest absolute Gasteiger partial charge is 0.375 e. The van der Waals surface area contributed by atoms with Gasteiger partial charge in [0.25, 0.3) is 6.43 Å². The monoisotopic (exact) mass is 238 g/mol. The van der Waals surface area contributed by atoms with E-state index in [1.54, 1.807) is 7.05 Å². The Kier molecular flexibility index (Phi) is 6.43. The van der Waals surface area contributed by atoms with E-state index in [0.717, 1.165) is 0 Å². The smallest absolute Gasteiger partial charge is 0.261 e. The summed E-state index contributed by atoms with van der Waals surface area (Å²) >= 11 is 0. The average Bonchev–Trinajstić information content (AvgIpc) is 2.22. The predicted molar refractivity (Wildman–Crippen MR) is 57.3 cm³/mol. The number of ether oxygens (including phenoxy) is 1. The molecule has 0 unspecified atom stereocenters. The van der Waals surface area contributed by atoms with Gasteiger partial charge < -0.3 is 15.4 Å². The lowest BCUT2D eigenvalue weighted by atomic mass is 10.0. The minimum atomic E-state index is -2.49. The predicted octanol–water partition coefficient (Wildman–Crippen LogP) is 0.854. The second kappa shape index (κ2) is 6.75. The Hall–Kier alpha value is -0.750. The molecule has 0 aliphatic rings. The molecule has 2 N–H and O–H groups in total. The zero-order valence-electron chi connectivity index (χ0n) is 10.0. The van der Waals surface area contributed by atoms with Crippen molar-refractivity contribution >= 4 is 5.91 Å². The lowest BCUT2D eigenvalue weighted by Gasteiger charge is -2.34. The highest BCUT2D eigenvalue weighted by atomic mass is 19.3. The van der Waals surface area contributed by atoms with Crippen LogP contribution in [0.5, 0.6) is 0 Å². The van der Waals surface area contributed by atoms with Crippen LogP contribution in [0.25, 0.3) is 0 Å². The third-order valence-corrected chi connectivity index (χ3v) is 2.49. The summed E-state index contributed by atoms with van der Waals surface area (Å²) < 4.78 is 28.1. The Morgan fingerprint density at radius 3 is 2.50 bits per heavy atom. The van der Waals surface area contributed by atoms with Crippen LogP contribution in [0.15, 0.2) is 0 Å². The first kappa shape index (κ1) is 15.2. The number of carbonyl (C=O) groups excluding carboxylic acids is 1. The van der Waals surface area contributed by atoms with Crippen LogP contribution in [0.4, 0.5) is 8.78 Å². The van der Waals surface area contributed by atoms with Gasteiger partial charge in [0.05, 0.1) is 13.0 Å². The zero-order chi connectivity index (χ0) is 12.8. The van der Waals surface area contributed by atoms with Gasteiger partial charge in [0.15, 0.2) is 0 Å². The number of hydrogen-bond acceptors (Lipinski definition) is 3. The third kappa shape index (κ3) is 5.37. The molecule has 0 heterocycles. The quantitative estimate of drug-likeness (QED) is 0.669. The summed E-state index contributed by atoms with van der Waals surface area (Å²) in [5, 5.41) is 0. The molecule has 6 heteroatoms. The summed E-state index contributed by atoms with van der Waals surface area (Å²) in [5.74, 6) is -0.162. The van der Waals surface area contributed by atoms with Crippen molar-refractivity contribution in [1.82, 2.24) is 4.90 Å². The highest BCUT2D eigenvalue weighted by molar-refractivity contribution is 5.76. The molecule has 0 saturated carbocycles. The SMILES string of the molecule is CN(C(=O)CCOCC(F)F)C(C)(C)CN. The Balaban J connectivity index is 3.89. The molecule has 0 bridgehead atoms. The molecule has 0 aliphatic carbocycles. The number of amides is 1. The molecule has 0 fully saturated rings. The van der Waals surface area contributed by atoms with Crippen LogP contribution in [0.2, 0.25) is 0 Å². The van der Waals surface area contributed by atoms with Crippen molar-refractivity contribution in [1.29, 1.82) is 0 Å². The number of nitrogens with two attached hydrogens (primary N) is 1. The van der Waals surface area contributed by atoms with Crippen molar-refractivity contribution in [3.05, 3.63) is 0 Å². The van der Waals surface area contributed by atoms with Crippen LogP contribution in [-0.4, -0.2) is 49.6 Å². The summed E-state index contributed by atoms with van der Waals surface area (Å²) in [5.41, 5.74) is 5.08. The van der Waals surface area contributed by atoms with Gasteiger partial charge in [-0.3, -0.25) is 4.79 Å². The molecule has 0 aliphatic heterocycles. The van der Waals surface area contributed by atoms with Gasteiger partial charge >= 0.3 is 0 Å². The van der Waals surface area contributed by atoms with Gasteiger partial charge in [0.1, 0.15) is 6.61 Å². The van der Waals surface area contributed by atoms with Crippen LogP contribution in [0.1, 0.15) is 20.3 Å². The van der Waals surface area contributed by atoms with Crippen molar-refractivity contribution in [2.75, 3.05) is 26.8 Å². The highest BCUT2D eigenvalue weighted by Gasteiger charge is 2.25. The number of rotatable bonds is 7. The lowest BCUT2D eigenvalue weighted by molar-refractivity contribution is -0.135. The van der Waals surface area contributed by atoms with Crippen LogP contribution in [0, 0.1) is 0 Å². The van der Waals surface area contributed by atoms with Crippen LogP contribution in [-0.2, 0) is 9.53 Å². The van der Waals surface area contributed by atoms with Gasteiger partial charge in [-0.1, -0.05) is 0 Å². The van der Waals surface area contributed by atoms with E-state index < -0.39 is 18.6 Å². The summed E-state index contributed by atoms with van der Waals surface area (Å²) in [6.45, 7) is 3.40. The molecular weight excluding hydrogens is 218 g/mol. The maximum Gasteiger partial charge on any atom is 0.261 e. The zero-order valence-corrected chi connectivity index (χ0v) is 10.0. The fourth-order valence-electron chi connectivity index (χ4n) is 0.974. The molecule has 0 rings (SSSR count). The molecule has 0 aromatic rings. The molecule has 0 saturated heterocycles. The van der Waals surface area contributed by atoms with E-state index in [4.69, 9.17) is 5.73 Å². The Morgan fingerprint density at radius 1 is 1.50 bits per heavy atom. The van der Waals surface area contributed by atoms with Crippen molar-refractivity contribution in [2.45, 2.75) is 32.2 Å². The molecular formula is C10H20F2N2O2. The second-order valence-electron chi connectivity index (χ2n) is 4.19. The van der Waals surface area contributed by atoms with Gasteiger partial charge in [-0.05, 0) is 13.8 Å². The summed E-state index contributed by atoms with van der Waals surface area (Å²) in [7, 11) is 1.64. The average molecular weight is 238 g/mol. The van der Waals surface area contributed by atoms with Crippen LogP contribution >= 0.6 is 0 Å². The summed E-state index contributed by atoms with van der Waals surface area (Å²) in [6.07, 6.45) is -2.40.